The van der Waals surface area contributed by atoms with Gasteiger partial charge in [-0.3, -0.25) is 10.1 Å². The number of aliphatic hydroxyl groups excluding tert-OH is 1. The third-order valence-corrected chi connectivity index (χ3v) is 1.79. The summed E-state index contributed by atoms with van der Waals surface area (Å²) < 4.78 is 13.2. The Bertz CT molecular complexity index is 368. The van der Waals surface area contributed by atoms with E-state index in [0.717, 1.165) is 12.1 Å². The highest BCUT2D eigenvalue weighted by Gasteiger charge is 2.14. The first kappa shape index (κ1) is 10.4. The Kier molecular flexibility index (Phi) is 2.98. The van der Waals surface area contributed by atoms with Gasteiger partial charge in [0, 0.05) is 18.7 Å². The minimum atomic E-state index is -0.745. The Morgan fingerprint density at radius 1 is 1.64 bits per heavy atom. The second-order valence-electron chi connectivity index (χ2n) is 2.63. The molecule has 0 saturated carbocycles. The summed E-state index contributed by atoms with van der Waals surface area (Å²) in [5.74, 6) is -0.745. The molecule has 1 aromatic carbocycles. The Balaban J connectivity index is 3.31. The van der Waals surface area contributed by atoms with Crippen molar-refractivity contribution < 1.29 is 14.4 Å². The highest BCUT2D eigenvalue weighted by Crippen LogP contribution is 2.25. The normalized spacial score (nSPS) is 9.93. The molecule has 0 heterocycles. The molecule has 76 valence electrons. The molecule has 0 aromatic heterocycles. The monoisotopic (exact) mass is 200 g/mol. The van der Waals surface area contributed by atoms with Crippen molar-refractivity contribution in [2.45, 2.75) is 6.61 Å². The number of anilines is 1. The van der Waals surface area contributed by atoms with E-state index in [4.69, 9.17) is 5.11 Å². The van der Waals surface area contributed by atoms with Gasteiger partial charge < -0.3 is 10.4 Å². The number of non-ortho nitro benzene ring substituents is 1. The molecule has 0 aliphatic heterocycles. The van der Waals surface area contributed by atoms with E-state index < -0.39 is 17.3 Å². The molecular weight excluding hydrogens is 191 g/mol. The van der Waals surface area contributed by atoms with Crippen LogP contribution in [0, 0.1) is 15.9 Å². The van der Waals surface area contributed by atoms with E-state index in [1.165, 1.54) is 7.05 Å². The maximum atomic E-state index is 13.2. The first-order chi connectivity index (χ1) is 6.60. The number of aliphatic hydroxyl groups is 1. The average Bonchev–Trinajstić information content (AvgIpc) is 2.16. The summed E-state index contributed by atoms with van der Waals surface area (Å²) in [7, 11) is 1.48. The zero-order valence-electron chi connectivity index (χ0n) is 7.45. The van der Waals surface area contributed by atoms with Crippen molar-refractivity contribution in [3.63, 3.8) is 0 Å². The van der Waals surface area contributed by atoms with Gasteiger partial charge in [-0.2, -0.15) is 0 Å². The summed E-state index contributed by atoms with van der Waals surface area (Å²) in [6, 6.07) is 1.94. The molecule has 5 nitrogen and oxygen atoms in total. The van der Waals surface area contributed by atoms with Crippen LogP contribution in [0.1, 0.15) is 5.56 Å². The number of hydrogen-bond acceptors (Lipinski definition) is 4. The second-order valence-corrected chi connectivity index (χ2v) is 2.63. The average molecular weight is 200 g/mol. The SMILES string of the molecule is CNc1c(F)cc([N+](=O)[O-])cc1CO. The van der Waals surface area contributed by atoms with Gasteiger partial charge in [-0.1, -0.05) is 0 Å². The predicted molar refractivity (Wildman–Crippen MR) is 48.5 cm³/mol. The first-order valence-electron chi connectivity index (χ1n) is 3.85. The summed E-state index contributed by atoms with van der Waals surface area (Å²) in [5.41, 5.74) is -0.122. The van der Waals surface area contributed by atoms with Crippen LogP contribution in [0.2, 0.25) is 0 Å². The van der Waals surface area contributed by atoms with E-state index in [0.29, 0.717) is 0 Å². The van der Waals surface area contributed by atoms with Crippen molar-refractivity contribution in [1.29, 1.82) is 0 Å². The third kappa shape index (κ3) is 1.80. The topological polar surface area (TPSA) is 75.4 Å². The fraction of sp³-hybridized carbons (Fsp3) is 0.250. The summed E-state index contributed by atoms with van der Waals surface area (Å²) in [6.45, 7) is -0.450. The Morgan fingerprint density at radius 3 is 2.71 bits per heavy atom. The van der Waals surface area contributed by atoms with Crippen LogP contribution < -0.4 is 5.32 Å². The van der Waals surface area contributed by atoms with Crippen molar-refractivity contribution in [1.82, 2.24) is 0 Å². The van der Waals surface area contributed by atoms with E-state index in [2.05, 4.69) is 5.32 Å². The van der Waals surface area contributed by atoms with Crippen LogP contribution in [0.25, 0.3) is 0 Å². The highest BCUT2D eigenvalue weighted by atomic mass is 19.1. The Labute approximate surface area is 79.3 Å². The van der Waals surface area contributed by atoms with Gasteiger partial charge in [0.05, 0.1) is 23.3 Å². The summed E-state index contributed by atoms with van der Waals surface area (Å²) in [5, 5.41) is 21.7. The van der Waals surface area contributed by atoms with Crippen LogP contribution in [0.4, 0.5) is 15.8 Å². The standard InChI is InChI=1S/C8H9FN2O3/c1-10-8-5(4-12)2-6(11(13)14)3-7(8)9/h2-3,10,12H,4H2,1H3. The molecule has 2 N–H and O–H groups in total. The van der Waals surface area contributed by atoms with E-state index in [1.807, 2.05) is 0 Å². The molecule has 0 fully saturated rings. The number of hydrogen-bond donors (Lipinski definition) is 2. The molecule has 0 saturated heterocycles. The molecular formula is C8H9FN2O3. The largest absolute Gasteiger partial charge is 0.392 e. The zero-order valence-corrected chi connectivity index (χ0v) is 7.45. The van der Waals surface area contributed by atoms with Crippen LogP contribution >= 0.6 is 0 Å². The predicted octanol–water partition coefficient (Wildman–Crippen LogP) is 1.27. The van der Waals surface area contributed by atoms with Gasteiger partial charge in [-0.15, -0.1) is 0 Å². The molecule has 0 aliphatic rings. The molecule has 6 heteroatoms. The number of nitrogens with one attached hydrogen (secondary N) is 1. The number of benzene rings is 1. The fourth-order valence-corrected chi connectivity index (χ4v) is 1.16. The number of nitro benzene ring substituents is 1. The van der Waals surface area contributed by atoms with E-state index in [9.17, 15) is 14.5 Å². The summed E-state index contributed by atoms with van der Waals surface area (Å²) in [4.78, 5) is 9.65. The smallest absolute Gasteiger partial charge is 0.272 e. The number of rotatable bonds is 3. The molecule has 1 aromatic rings. The molecule has 0 bridgehead atoms. The first-order valence-corrected chi connectivity index (χ1v) is 3.85. The van der Waals surface area contributed by atoms with Crippen molar-refractivity contribution in [2.75, 3.05) is 12.4 Å². The van der Waals surface area contributed by atoms with E-state index in [-0.39, 0.29) is 16.9 Å². The molecule has 0 aliphatic carbocycles. The van der Waals surface area contributed by atoms with Crippen LogP contribution in [0.15, 0.2) is 12.1 Å². The summed E-state index contributed by atoms with van der Waals surface area (Å²) in [6.07, 6.45) is 0. The molecule has 0 radical (unpaired) electrons. The number of nitro groups is 1. The van der Waals surface area contributed by atoms with Gasteiger partial charge in [0.15, 0.2) is 5.82 Å². The third-order valence-electron chi connectivity index (χ3n) is 1.79. The quantitative estimate of drug-likeness (QED) is 0.569. The molecule has 0 atom stereocenters. The maximum absolute atomic E-state index is 13.2. The minimum absolute atomic E-state index is 0.0816. The maximum Gasteiger partial charge on any atom is 0.272 e. The van der Waals surface area contributed by atoms with Crippen LogP contribution in [0.3, 0.4) is 0 Å². The number of nitrogens with zero attached hydrogens (tertiary/aromatic N) is 1. The Hall–Kier alpha value is -1.69. The lowest BCUT2D eigenvalue weighted by atomic mass is 10.1. The second kappa shape index (κ2) is 4.01. The lowest BCUT2D eigenvalue weighted by Gasteiger charge is -2.07. The van der Waals surface area contributed by atoms with Crippen molar-refractivity contribution >= 4 is 11.4 Å². The van der Waals surface area contributed by atoms with Crippen molar-refractivity contribution in [3.05, 3.63) is 33.6 Å². The minimum Gasteiger partial charge on any atom is -0.392 e. The van der Waals surface area contributed by atoms with Crippen LogP contribution in [0.5, 0.6) is 0 Å². The summed E-state index contributed by atoms with van der Waals surface area (Å²) >= 11 is 0. The highest BCUT2D eigenvalue weighted by molar-refractivity contribution is 5.56. The van der Waals surface area contributed by atoms with Crippen LogP contribution in [-0.2, 0) is 6.61 Å². The van der Waals surface area contributed by atoms with E-state index >= 15 is 0 Å². The van der Waals surface area contributed by atoms with Gasteiger partial charge >= 0.3 is 0 Å². The zero-order chi connectivity index (χ0) is 10.7. The van der Waals surface area contributed by atoms with Gasteiger partial charge in [0.1, 0.15) is 0 Å². The van der Waals surface area contributed by atoms with Gasteiger partial charge in [0.2, 0.25) is 0 Å². The van der Waals surface area contributed by atoms with Crippen molar-refractivity contribution in [2.24, 2.45) is 0 Å². The molecule has 0 amide bonds. The number of halogens is 1. The lowest BCUT2D eigenvalue weighted by molar-refractivity contribution is -0.385. The molecule has 1 rings (SSSR count). The van der Waals surface area contributed by atoms with E-state index in [1.54, 1.807) is 0 Å². The van der Waals surface area contributed by atoms with Gasteiger partial charge in [-0.05, 0) is 0 Å². The van der Waals surface area contributed by atoms with Gasteiger partial charge in [0.25, 0.3) is 5.69 Å². The molecule has 14 heavy (non-hydrogen) atoms. The lowest BCUT2D eigenvalue weighted by Crippen LogP contribution is -2.01. The molecule has 0 unspecified atom stereocenters. The van der Waals surface area contributed by atoms with Gasteiger partial charge in [-0.25, -0.2) is 4.39 Å². The molecule has 0 spiro atoms. The Morgan fingerprint density at radius 2 is 2.29 bits per heavy atom. The fourth-order valence-electron chi connectivity index (χ4n) is 1.16. The van der Waals surface area contributed by atoms with Crippen molar-refractivity contribution in [3.8, 4) is 0 Å². The van der Waals surface area contributed by atoms with Crippen LogP contribution in [-0.4, -0.2) is 17.1 Å².